The summed E-state index contributed by atoms with van der Waals surface area (Å²) in [5.74, 6) is -0.410. The SMILES string of the molecule is CC(O)(CO)CNC(=O)c1csnn1. The number of rotatable bonds is 4. The van der Waals surface area contributed by atoms with Crippen LogP contribution >= 0.6 is 11.5 Å². The Hall–Kier alpha value is -1.05. The van der Waals surface area contributed by atoms with E-state index in [0.717, 1.165) is 11.5 Å². The summed E-state index contributed by atoms with van der Waals surface area (Å²) >= 11 is 1.07. The second-order valence-electron chi connectivity index (χ2n) is 3.13. The van der Waals surface area contributed by atoms with Crippen LogP contribution in [0.2, 0.25) is 0 Å². The Morgan fingerprint density at radius 3 is 3.00 bits per heavy atom. The zero-order valence-corrected chi connectivity index (χ0v) is 8.41. The van der Waals surface area contributed by atoms with Crippen LogP contribution in [0.1, 0.15) is 17.4 Å². The molecule has 1 amide bonds. The van der Waals surface area contributed by atoms with Crippen LogP contribution in [0.25, 0.3) is 0 Å². The molecule has 0 saturated carbocycles. The van der Waals surface area contributed by atoms with Crippen LogP contribution in [0.3, 0.4) is 0 Å². The molecule has 0 bridgehead atoms. The minimum atomic E-state index is -1.31. The zero-order valence-electron chi connectivity index (χ0n) is 7.60. The molecule has 1 heterocycles. The van der Waals surface area contributed by atoms with Crippen LogP contribution in [0, 0.1) is 0 Å². The number of hydrogen-bond acceptors (Lipinski definition) is 6. The van der Waals surface area contributed by atoms with Crippen molar-refractivity contribution in [1.29, 1.82) is 0 Å². The van der Waals surface area contributed by atoms with Gasteiger partial charge < -0.3 is 15.5 Å². The molecule has 0 aliphatic heterocycles. The molecule has 0 spiro atoms. The van der Waals surface area contributed by atoms with Crippen molar-refractivity contribution >= 4 is 17.4 Å². The quantitative estimate of drug-likeness (QED) is 0.602. The molecule has 3 N–H and O–H groups in total. The van der Waals surface area contributed by atoms with Crippen molar-refractivity contribution in [2.45, 2.75) is 12.5 Å². The number of aliphatic hydroxyl groups is 2. The lowest BCUT2D eigenvalue weighted by molar-refractivity contribution is 0.00316. The average molecular weight is 217 g/mol. The zero-order chi connectivity index (χ0) is 10.6. The van der Waals surface area contributed by atoms with E-state index in [1.165, 1.54) is 12.3 Å². The first kappa shape index (κ1) is 11.0. The van der Waals surface area contributed by atoms with E-state index in [1.807, 2.05) is 0 Å². The molecular weight excluding hydrogens is 206 g/mol. The Morgan fingerprint density at radius 2 is 2.50 bits per heavy atom. The maximum atomic E-state index is 11.3. The van der Waals surface area contributed by atoms with Crippen LogP contribution in [0.5, 0.6) is 0 Å². The molecule has 0 radical (unpaired) electrons. The van der Waals surface area contributed by atoms with Gasteiger partial charge in [0.2, 0.25) is 0 Å². The van der Waals surface area contributed by atoms with Crippen molar-refractivity contribution < 1.29 is 15.0 Å². The van der Waals surface area contributed by atoms with E-state index in [4.69, 9.17) is 5.11 Å². The Kier molecular flexibility index (Phi) is 3.50. The Balaban J connectivity index is 2.43. The van der Waals surface area contributed by atoms with E-state index in [2.05, 4.69) is 14.9 Å². The average Bonchev–Trinajstić information content (AvgIpc) is 2.67. The summed E-state index contributed by atoms with van der Waals surface area (Å²) in [5, 5.41) is 25.6. The van der Waals surface area contributed by atoms with E-state index < -0.39 is 18.1 Å². The van der Waals surface area contributed by atoms with Gasteiger partial charge in [-0.05, 0) is 18.5 Å². The van der Waals surface area contributed by atoms with E-state index in [9.17, 15) is 9.90 Å². The minimum absolute atomic E-state index is 0.0279. The Bertz CT molecular complexity index is 299. The molecule has 78 valence electrons. The molecular formula is C7H11N3O3S. The van der Waals surface area contributed by atoms with Gasteiger partial charge in [0.05, 0.1) is 6.61 Å². The Labute approximate surface area is 84.7 Å². The monoisotopic (exact) mass is 217 g/mol. The summed E-state index contributed by atoms with van der Waals surface area (Å²) < 4.78 is 3.53. The molecule has 1 unspecified atom stereocenters. The third kappa shape index (κ3) is 3.02. The predicted octanol–water partition coefficient (Wildman–Crippen LogP) is -0.989. The maximum absolute atomic E-state index is 11.3. The van der Waals surface area contributed by atoms with Crippen LogP contribution in [0.4, 0.5) is 0 Å². The van der Waals surface area contributed by atoms with Crippen molar-refractivity contribution in [3.05, 3.63) is 11.1 Å². The normalized spacial score (nSPS) is 14.8. The van der Waals surface area contributed by atoms with Crippen LogP contribution in [0.15, 0.2) is 5.38 Å². The summed E-state index contributed by atoms with van der Waals surface area (Å²) in [4.78, 5) is 11.3. The van der Waals surface area contributed by atoms with Gasteiger partial charge in [-0.2, -0.15) is 0 Å². The standard InChI is InChI=1S/C7H11N3O3S/c1-7(13,4-11)3-8-6(12)5-2-14-10-9-5/h2,11,13H,3-4H2,1H3,(H,8,12). The first-order valence-electron chi connectivity index (χ1n) is 3.94. The largest absolute Gasteiger partial charge is 0.393 e. The third-order valence-electron chi connectivity index (χ3n) is 1.56. The van der Waals surface area contributed by atoms with Gasteiger partial charge in [0.15, 0.2) is 5.69 Å². The fourth-order valence-corrected chi connectivity index (χ4v) is 1.12. The summed E-state index contributed by atoms with van der Waals surface area (Å²) in [6.07, 6.45) is 0. The first-order valence-corrected chi connectivity index (χ1v) is 4.77. The highest BCUT2D eigenvalue weighted by atomic mass is 32.1. The number of nitrogens with one attached hydrogen (secondary N) is 1. The number of aromatic nitrogens is 2. The van der Waals surface area contributed by atoms with E-state index in [1.54, 1.807) is 0 Å². The van der Waals surface area contributed by atoms with Gasteiger partial charge >= 0.3 is 0 Å². The number of amides is 1. The first-order chi connectivity index (χ1) is 6.55. The molecule has 7 heteroatoms. The molecule has 0 saturated heterocycles. The predicted molar refractivity (Wildman–Crippen MR) is 50.0 cm³/mol. The molecule has 14 heavy (non-hydrogen) atoms. The molecule has 0 aliphatic rings. The second-order valence-corrected chi connectivity index (χ2v) is 3.74. The van der Waals surface area contributed by atoms with Crippen molar-refractivity contribution in [3.8, 4) is 0 Å². The topological polar surface area (TPSA) is 95.3 Å². The molecule has 0 aliphatic carbocycles. The fourth-order valence-electron chi connectivity index (χ4n) is 0.681. The molecule has 6 nitrogen and oxygen atoms in total. The number of hydrogen-bond donors (Lipinski definition) is 3. The Morgan fingerprint density at radius 1 is 1.79 bits per heavy atom. The highest BCUT2D eigenvalue weighted by molar-refractivity contribution is 7.03. The van der Waals surface area contributed by atoms with Crippen LogP contribution < -0.4 is 5.32 Å². The minimum Gasteiger partial charge on any atom is -0.393 e. The van der Waals surface area contributed by atoms with Gasteiger partial charge in [0.25, 0.3) is 5.91 Å². The number of carbonyl (C=O) groups is 1. The van der Waals surface area contributed by atoms with E-state index in [0.29, 0.717) is 0 Å². The molecule has 0 aromatic carbocycles. The molecule has 1 rings (SSSR count). The number of carbonyl (C=O) groups excluding carboxylic acids is 1. The van der Waals surface area contributed by atoms with E-state index >= 15 is 0 Å². The summed E-state index contributed by atoms with van der Waals surface area (Å²) in [6.45, 7) is 0.981. The lowest BCUT2D eigenvalue weighted by Crippen LogP contribution is -2.43. The lowest BCUT2D eigenvalue weighted by atomic mass is 10.1. The van der Waals surface area contributed by atoms with Crippen LogP contribution in [-0.4, -0.2) is 44.5 Å². The molecule has 1 aromatic heterocycles. The van der Waals surface area contributed by atoms with Gasteiger partial charge in [-0.1, -0.05) is 4.49 Å². The van der Waals surface area contributed by atoms with Gasteiger partial charge in [-0.3, -0.25) is 4.79 Å². The van der Waals surface area contributed by atoms with Gasteiger partial charge in [-0.25, -0.2) is 0 Å². The molecule has 0 fully saturated rings. The maximum Gasteiger partial charge on any atom is 0.272 e. The second kappa shape index (κ2) is 4.45. The summed E-state index contributed by atoms with van der Waals surface area (Å²) in [5.41, 5.74) is -1.09. The smallest absolute Gasteiger partial charge is 0.272 e. The summed E-state index contributed by atoms with van der Waals surface area (Å²) in [6, 6.07) is 0. The molecule has 1 atom stereocenters. The summed E-state index contributed by atoms with van der Waals surface area (Å²) in [7, 11) is 0. The fraction of sp³-hybridized carbons (Fsp3) is 0.571. The van der Waals surface area contributed by atoms with Crippen molar-refractivity contribution in [3.63, 3.8) is 0 Å². The number of aliphatic hydroxyl groups excluding tert-OH is 1. The lowest BCUT2D eigenvalue weighted by Gasteiger charge is -2.19. The highest BCUT2D eigenvalue weighted by Crippen LogP contribution is 2.01. The van der Waals surface area contributed by atoms with Crippen molar-refractivity contribution in [2.75, 3.05) is 13.2 Å². The highest BCUT2D eigenvalue weighted by Gasteiger charge is 2.20. The van der Waals surface area contributed by atoms with Gasteiger partial charge in [-0.15, -0.1) is 5.10 Å². The number of nitrogens with zero attached hydrogens (tertiary/aromatic N) is 2. The third-order valence-corrected chi connectivity index (χ3v) is 2.07. The van der Waals surface area contributed by atoms with Gasteiger partial charge in [0, 0.05) is 11.9 Å². The van der Waals surface area contributed by atoms with Crippen LogP contribution in [-0.2, 0) is 0 Å². The molecule has 1 aromatic rings. The van der Waals surface area contributed by atoms with Gasteiger partial charge in [0.1, 0.15) is 5.60 Å². The van der Waals surface area contributed by atoms with Crippen molar-refractivity contribution in [2.24, 2.45) is 0 Å². The van der Waals surface area contributed by atoms with Crippen molar-refractivity contribution in [1.82, 2.24) is 14.9 Å². The van der Waals surface area contributed by atoms with E-state index in [-0.39, 0.29) is 12.2 Å².